The van der Waals surface area contributed by atoms with Gasteiger partial charge in [0.05, 0.1) is 55.9 Å². The maximum absolute atomic E-state index is 6.59. The van der Waals surface area contributed by atoms with Gasteiger partial charge >= 0.3 is 0 Å². The molecule has 12 heteroatoms. The first-order chi connectivity index (χ1) is 74.3. The number of hydrogen-bond acceptors (Lipinski definition) is 9. The molecule has 0 atom stereocenters. The highest BCUT2D eigenvalue weighted by Crippen LogP contribution is 2.48. The minimum Gasteiger partial charge on any atom is -0.456 e. The zero-order valence-corrected chi connectivity index (χ0v) is 81.0. The number of benzene rings is 21. The fourth-order valence-corrected chi connectivity index (χ4v) is 21.9. The van der Waals surface area contributed by atoms with Crippen molar-refractivity contribution in [3.63, 3.8) is 0 Å². The highest BCUT2D eigenvalue weighted by Gasteiger charge is 2.26. The summed E-state index contributed by atoms with van der Waals surface area (Å²) in [7, 11) is 0. The quantitative estimate of drug-likeness (QED) is 0.0984. The molecule has 0 saturated carbocycles. The van der Waals surface area contributed by atoms with Gasteiger partial charge in [0.1, 0.15) is 33.5 Å². The van der Waals surface area contributed by atoms with Crippen LogP contribution >= 0.6 is 0 Å². The molecule has 0 saturated heterocycles. The molecule has 0 fully saturated rings. The van der Waals surface area contributed by atoms with E-state index in [0.29, 0.717) is 23.3 Å². The number of furan rings is 3. The maximum Gasteiger partial charge on any atom is 0.164 e. The fraction of sp³-hybridized carbons (Fsp3) is 0. The van der Waals surface area contributed by atoms with Crippen molar-refractivity contribution < 1.29 is 13.3 Å². The number of fused-ring (bicyclic) bond motifs is 18. The molecule has 0 aliphatic rings. The number of pyridine rings is 1. The predicted molar refractivity (Wildman–Crippen MR) is 616 cm³/mol. The van der Waals surface area contributed by atoms with E-state index >= 15 is 0 Å². The van der Waals surface area contributed by atoms with E-state index in [1.165, 1.54) is 65.4 Å². The molecule has 0 N–H and O–H groups in total. The summed E-state index contributed by atoms with van der Waals surface area (Å²) < 4.78 is 26.7. The van der Waals surface area contributed by atoms with Crippen LogP contribution < -0.4 is 0 Å². The Morgan fingerprint density at radius 3 is 0.760 bits per heavy atom. The van der Waals surface area contributed by atoms with E-state index in [0.717, 1.165) is 195 Å². The summed E-state index contributed by atoms with van der Waals surface area (Å²) in [5, 5.41) is 13.6. The normalized spacial score (nSPS) is 11.6. The molecule has 0 spiro atoms. The molecule has 0 aliphatic carbocycles. The molecule has 0 radical (unpaired) electrons. The highest BCUT2D eigenvalue weighted by atomic mass is 16.3. The van der Waals surface area contributed by atoms with Crippen LogP contribution in [0.1, 0.15) is 0 Å². The summed E-state index contributed by atoms with van der Waals surface area (Å²) >= 11 is 0. The van der Waals surface area contributed by atoms with E-state index in [4.69, 9.17) is 43.2 Å². The maximum atomic E-state index is 6.59. The summed E-state index contributed by atoms with van der Waals surface area (Å²) in [6.07, 6.45) is 0. The zero-order chi connectivity index (χ0) is 99.1. The second kappa shape index (κ2) is 37.1. The Labute approximate surface area is 862 Å². The molecule has 9 heterocycles. The molecular weight excluding hydrogens is 1830 g/mol. The molecule has 30 aromatic rings. The van der Waals surface area contributed by atoms with Gasteiger partial charge in [-0.05, 0) is 208 Å². The van der Waals surface area contributed by atoms with Gasteiger partial charge in [-0.1, -0.05) is 364 Å². The summed E-state index contributed by atoms with van der Waals surface area (Å²) in [6.45, 7) is 0. The monoisotopic (exact) mass is 1920 g/mol. The van der Waals surface area contributed by atoms with E-state index in [1.807, 2.05) is 127 Å². The molecule has 12 nitrogen and oxygen atoms in total. The van der Waals surface area contributed by atoms with Crippen LogP contribution in [0.5, 0.6) is 0 Å². The first kappa shape index (κ1) is 87.5. The Morgan fingerprint density at radius 1 is 0.133 bits per heavy atom. The molecule has 0 aliphatic heterocycles. The number of para-hydroxylation sites is 6. The topological polar surface area (TPSA) is 132 Å². The SMILES string of the molecule is c1ccc(-c2cc(-c3ccccc3)nc(-c3cccc4oc5cc(-c6ccc7c(c6)c6ccccc6n7-c6ccccc6)ccc5c34)c2)cc1.c1ccc(-c2cc(-c3ccccc3)nc(-c3cccc4oc5cc(-c6ccc7c(c6)c6ccccc6n7-c6ccccc6)ccc5c34)n2)cc1.c1ccc(-c2nc(-c3ccccc3)nc(-c3cccc4oc5cc(-c6ccc7c(c6)c6ccccc6n7-c6ccccc6)ccc5c34)n2)cc1. The van der Waals surface area contributed by atoms with Crippen molar-refractivity contribution in [2.24, 2.45) is 0 Å². The number of nitrogens with zero attached hydrogens (tertiary/aromatic N) is 9. The summed E-state index contributed by atoms with van der Waals surface area (Å²) in [5.41, 5.74) is 36.2. The molecule has 0 bridgehead atoms. The molecule has 9 aromatic heterocycles. The van der Waals surface area contributed by atoms with Crippen LogP contribution in [0, 0.1) is 0 Å². The molecule has 0 unspecified atom stereocenters. The van der Waals surface area contributed by atoms with Gasteiger partial charge in [-0.25, -0.2) is 29.9 Å². The summed E-state index contributed by atoms with van der Waals surface area (Å²) in [5.74, 6) is 2.54. The molecular formula is C138H87N9O3. The molecule has 150 heavy (non-hydrogen) atoms. The van der Waals surface area contributed by atoms with Crippen LogP contribution in [-0.2, 0) is 0 Å². The first-order valence-electron chi connectivity index (χ1n) is 50.5. The van der Waals surface area contributed by atoms with Gasteiger partial charge in [-0.2, -0.15) is 0 Å². The molecule has 21 aromatic carbocycles. The third kappa shape index (κ3) is 15.7. The molecule has 30 rings (SSSR count). The van der Waals surface area contributed by atoms with Gasteiger partial charge in [0, 0.05) is 126 Å². The van der Waals surface area contributed by atoms with Crippen LogP contribution in [-0.4, -0.2) is 43.6 Å². The van der Waals surface area contributed by atoms with Gasteiger partial charge in [0.2, 0.25) is 0 Å². The van der Waals surface area contributed by atoms with Gasteiger partial charge in [-0.3, -0.25) is 0 Å². The van der Waals surface area contributed by atoms with Crippen molar-refractivity contribution in [2.45, 2.75) is 0 Å². The lowest BCUT2D eigenvalue weighted by Crippen LogP contribution is -2.00. The smallest absolute Gasteiger partial charge is 0.164 e. The average Bonchev–Trinajstić information content (AvgIpc) is 1.59. The highest BCUT2D eigenvalue weighted by molar-refractivity contribution is 6.18. The second-order valence-electron chi connectivity index (χ2n) is 37.8. The molecule has 0 amide bonds. The van der Waals surface area contributed by atoms with Crippen LogP contribution in [0.25, 0.3) is 283 Å². The van der Waals surface area contributed by atoms with Crippen molar-refractivity contribution >= 4 is 131 Å². The van der Waals surface area contributed by atoms with Crippen LogP contribution in [0.15, 0.2) is 541 Å². The third-order valence-corrected chi connectivity index (χ3v) is 28.9. The van der Waals surface area contributed by atoms with Crippen molar-refractivity contribution in [3.05, 3.63) is 528 Å². The van der Waals surface area contributed by atoms with Crippen LogP contribution in [0.4, 0.5) is 0 Å². The standard InChI is InChI=1S/C47H30N2O.C46H29N3O.C45H28N4O/c1-4-13-31(14-5-1)35-28-41(32-15-6-2-7-16-32)48-42(29-35)38-20-12-22-45-47(38)39-25-23-34(30-46(39)50-45)33-24-26-44-40(27-33)37-19-10-11-21-43(37)49(44)36-17-8-3-9-18-36;1-4-13-30(14-5-1)39-29-40(31-15-6-2-7-16-31)48-46(47-39)37-20-12-22-43-45(37)36-25-23-33(28-44(36)50-43)32-24-26-42-38(27-32)35-19-10-11-21-41(35)49(42)34-17-8-3-9-18-34;1-4-13-29(14-5-1)43-46-44(30-15-6-2-7-16-30)48-45(47-43)36-20-12-22-40-42(36)35-25-23-32(28-41(35)50-40)31-24-26-39-37(27-31)34-19-10-11-21-38(34)49(39)33-17-8-3-9-18-33/h1-30H;1-29H;1-28H. The lowest BCUT2D eigenvalue weighted by Gasteiger charge is -2.11. The third-order valence-electron chi connectivity index (χ3n) is 28.9. The van der Waals surface area contributed by atoms with E-state index in [2.05, 4.69) is 414 Å². The Balaban J connectivity index is 0.000000108. The van der Waals surface area contributed by atoms with Crippen LogP contribution in [0.3, 0.4) is 0 Å². The minimum atomic E-state index is 0.607. The van der Waals surface area contributed by atoms with Crippen molar-refractivity contribution in [2.75, 3.05) is 0 Å². The Bertz CT molecular complexity index is 9330. The lowest BCUT2D eigenvalue weighted by molar-refractivity contribution is 0.668. The van der Waals surface area contributed by atoms with E-state index in [1.54, 1.807) is 0 Å². The molecule has 702 valence electrons. The predicted octanol–water partition coefficient (Wildman–Crippen LogP) is 36.4. The largest absolute Gasteiger partial charge is 0.456 e. The lowest BCUT2D eigenvalue weighted by atomic mass is 9.97. The Morgan fingerprint density at radius 2 is 0.400 bits per heavy atom. The van der Waals surface area contributed by atoms with Crippen molar-refractivity contribution in [1.29, 1.82) is 0 Å². The number of hydrogen-bond donors (Lipinski definition) is 0. The van der Waals surface area contributed by atoms with Gasteiger partial charge < -0.3 is 27.0 Å². The number of rotatable bonds is 15. The Hall–Kier alpha value is -20.3. The summed E-state index contributed by atoms with van der Waals surface area (Å²) in [6, 6.07) is 184. The zero-order valence-electron chi connectivity index (χ0n) is 81.0. The summed E-state index contributed by atoms with van der Waals surface area (Å²) in [4.78, 5) is 30.4. The average molecular weight is 1920 g/mol. The van der Waals surface area contributed by atoms with Gasteiger partial charge in [0.25, 0.3) is 0 Å². The van der Waals surface area contributed by atoms with E-state index in [-0.39, 0.29) is 0 Å². The van der Waals surface area contributed by atoms with Crippen molar-refractivity contribution in [1.82, 2.24) is 43.6 Å². The van der Waals surface area contributed by atoms with Crippen molar-refractivity contribution in [3.8, 4) is 152 Å². The minimum absolute atomic E-state index is 0.607. The van der Waals surface area contributed by atoms with Gasteiger partial charge in [-0.15, -0.1) is 0 Å². The first-order valence-corrected chi connectivity index (χ1v) is 50.5. The van der Waals surface area contributed by atoms with Gasteiger partial charge in [0.15, 0.2) is 23.3 Å². The number of aromatic nitrogens is 9. The van der Waals surface area contributed by atoms with E-state index in [9.17, 15) is 0 Å². The van der Waals surface area contributed by atoms with Crippen LogP contribution in [0.2, 0.25) is 0 Å². The second-order valence-corrected chi connectivity index (χ2v) is 37.8. The Kier molecular flexibility index (Phi) is 21.6. The van der Waals surface area contributed by atoms with E-state index < -0.39 is 0 Å². The fourth-order valence-electron chi connectivity index (χ4n) is 21.9.